The number of nitrogens with zero attached hydrogens (tertiary/aromatic N) is 1. The molecule has 0 aliphatic carbocycles. The zero-order valence-electron chi connectivity index (χ0n) is 23.6. The number of benzene rings is 3. The highest BCUT2D eigenvalue weighted by atomic mass is 16.5. The average molecular weight is 560 g/mol. The van der Waals surface area contributed by atoms with Gasteiger partial charge in [0.25, 0.3) is 5.91 Å². The van der Waals surface area contributed by atoms with Crippen LogP contribution in [-0.2, 0) is 16.1 Å². The van der Waals surface area contributed by atoms with Crippen LogP contribution in [0.3, 0.4) is 0 Å². The third-order valence-electron chi connectivity index (χ3n) is 6.84. The molecule has 9 nitrogen and oxygen atoms in total. The van der Waals surface area contributed by atoms with Crippen molar-refractivity contribution in [3.8, 4) is 17.2 Å². The van der Waals surface area contributed by atoms with Gasteiger partial charge in [0.05, 0.1) is 20.8 Å². The maximum absolute atomic E-state index is 13.8. The van der Waals surface area contributed by atoms with Crippen molar-refractivity contribution in [2.75, 3.05) is 27.4 Å². The first-order chi connectivity index (χ1) is 20.0. The van der Waals surface area contributed by atoms with Gasteiger partial charge >= 0.3 is 0 Å². The van der Waals surface area contributed by atoms with Crippen LogP contribution in [0.15, 0.2) is 83.9 Å². The van der Waals surface area contributed by atoms with Gasteiger partial charge in [0.1, 0.15) is 23.4 Å². The van der Waals surface area contributed by atoms with E-state index in [0.717, 1.165) is 16.7 Å². The normalized spacial score (nSPS) is 18.0. The van der Waals surface area contributed by atoms with E-state index in [1.165, 1.54) is 0 Å². The second-order valence-electron chi connectivity index (χ2n) is 9.55. The van der Waals surface area contributed by atoms with E-state index in [1.807, 2.05) is 85.8 Å². The number of carbonyl (C=O) groups is 1. The Labute approximate surface area is 240 Å². The summed E-state index contributed by atoms with van der Waals surface area (Å²) >= 11 is 0. The molecule has 0 spiro atoms. The molecule has 3 N–H and O–H groups in total. The Morgan fingerprint density at radius 3 is 2.51 bits per heavy atom. The summed E-state index contributed by atoms with van der Waals surface area (Å²) in [6.45, 7) is 2.69. The molecular formula is C32H37N3O6. The number of methoxy groups -OCH3 is 2. The Morgan fingerprint density at radius 1 is 1.05 bits per heavy atom. The first-order valence-electron chi connectivity index (χ1n) is 13.6. The smallest absolute Gasteiger partial charge is 0.266 e. The second kappa shape index (κ2) is 14.3. The largest absolute Gasteiger partial charge is 0.497 e. The minimum atomic E-state index is -1.20. The summed E-state index contributed by atoms with van der Waals surface area (Å²) in [5.41, 5.74) is 7.29. The average Bonchev–Trinajstić information content (AvgIpc) is 3.35. The minimum Gasteiger partial charge on any atom is -0.497 e. The van der Waals surface area contributed by atoms with E-state index in [0.29, 0.717) is 49.1 Å². The number of amides is 1. The zero-order valence-corrected chi connectivity index (χ0v) is 23.6. The summed E-state index contributed by atoms with van der Waals surface area (Å²) in [5, 5.41) is 8.97. The van der Waals surface area contributed by atoms with Crippen molar-refractivity contribution in [1.82, 2.24) is 10.9 Å². The molecule has 1 aliphatic rings. The number of rotatable bonds is 14. The van der Waals surface area contributed by atoms with Crippen LogP contribution >= 0.6 is 0 Å². The van der Waals surface area contributed by atoms with Crippen LogP contribution in [0.2, 0.25) is 0 Å². The lowest BCUT2D eigenvalue weighted by Gasteiger charge is -2.27. The number of aliphatic imine (C=N–C) groups is 1. The number of ether oxygens (including phenoxy) is 4. The molecule has 9 heteroatoms. The molecule has 0 fully saturated rings. The van der Waals surface area contributed by atoms with Gasteiger partial charge in [-0.05, 0) is 42.8 Å². The van der Waals surface area contributed by atoms with Crippen LogP contribution in [0.5, 0.6) is 17.2 Å². The first-order valence-corrected chi connectivity index (χ1v) is 13.6. The van der Waals surface area contributed by atoms with Gasteiger partial charge in [-0.1, -0.05) is 48.6 Å². The third kappa shape index (κ3) is 7.45. The standard InChI is InChI=1S/C32H37N3O6/c1-23-32(18-7-11-24-9-5-4-6-10-24,31(37)35-33-22-26-14-17-28(38-2)21-29(26)39-3)34-30(41-23)25-12-15-27(16-13-25)40-20-8-19-36/h4-7,9-17,21,23,33,36H,8,18-20,22H2,1-3H3,(H,35,37)/b11-7+/t23-,32-/m0/s1. The van der Waals surface area contributed by atoms with E-state index >= 15 is 0 Å². The van der Waals surface area contributed by atoms with Crippen molar-refractivity contribution in [1.29, 1.82) is 0 Å². The topological polar surface area (TPSA) is 111 Å². The van der Waals surface area contributed by atoms with Crippen LogP contribution in [0.4, 0.5) is 0 Å². The molecule has 0 bridgehead atoms. The number of hydrogen-bond donors (Lipinski definition) is 3. The van der Waals surface area contributed by atoms with E-state index in [2.05, 4.69) is 10.9 Å². The van der Waals surface area contributed by atoms with Crippen LogP contribution in [0.25, 0.3) is 6.08 Å². The van der Waals surface area contributed by atoms with Gasteiger partial charge in [-0.15, -0.1) is 0 Å². The highest BCUT2D eigenvalue weighted by molar-refractivity contribution is 6.00. The van der Waals surface area contributed by atoms with Gasteiger partial charge in [0.2, 0.25) is 5.90 Å². The van der Waals surface area contributed by atoms with E-state index < -0.39 is 11.6 Å². The lowest BCUT2D eigenvalue weighted by Crippen LogP contribution is -2.54. The Morgan fingerprint density at radius 2 is 1.80 bits per heavy atom. The molecule has 3 aromatic carbocycles. The fourth-order valence-corrected chi connectivity index (χ4v) is 4.45. The molecular weight excluding hydrogens is 522 g/mol. The van der Waals surface area contributed by atoms with Crippen molar-refractivity contribution in [2.24, 2.45) is 4.99 Å². The molecule has 0 unspecified atom stereocenters. The van der Waals surface area contributed by atoms with Gasteiger partial charge in [0, 0.05) is 43.2 Å². The van der Waals surface area contributed by atoms with Crippen LogP contribution in [0.1, 0.15) is 36.5 Å². The number of hydrogen-bond acceptors (Lipinski definition) is 8. The number of aliphatic hydroxyl groups is 1. The summed E-state index contributed by atoms with van der Waals surface area (Å²) in [5.74, 6) is 2.09. The van der Waals surface area contributed by atoms with Crippen molar-refractivity contribution in [3.05, 3.63) is 95.6 Å². The maximum atomic E-state index is 13.8. The number of hydrazine groups is 1. The third-order valence-corrected chi connectivity index (χ3v) is 6.84. The Balaban J connectivity index is 1.53. The molecule has 41 heavy (non-hydrogen) atoms. The van der Waals surface area contributed by atoms with Crippen LogP contribution < -0.4 is 25.1 Å². The van der Waals surface area contributed by atoms with Crippen molar-refractivity contribution < 1.29 is 28.8 Å². The fraction of sp³-hybridized carbons (Fsp3) is 0.312. The number of carbonyl (C=O) groups excluding carboxylic acids is 1. The first kappa shape index (κ1) is 29.6. The van der Waals surface area contributed by atoms with Gasteiger partial charge in [0.15, 0.2) is 5.54 Å². The maximum Gasteiger partial charge on any atom is 0.266 e. The highest BCUT2D eigenvalue weighted by Gasteiger charge is 2.49. The van der Waals surface area contributed by atoms with Gasteiger partial charge in [-0.25, -0.2) is 10.4 Å². The zero-order chi connectivity index (χ0) is 29.1. The second-order valence-corrected chi connectivity index (χ2v) is 9.55. The van der Waals surface area contributed by atoms with Gasteiger partial charge in [-0.2, -0.15) is 0 Å². The summed E-state index contributed by atoms with van der Waals surface area (Å²) in [7, 11) is 3.19. The monoisotopic (exact) mass is 559 g/mol. The predicted octanol–water partition coefficient (Wildman–Crippen LogP) is 4.29. The lowest BCUT2D eigenvalue weighted by atomic mass is 9.89. The van der Waals surface area contributed by atoms with E-state index in [1.54, 1.807) is 20.3 Å². The molecule has 0 saturated carbocycles. The predicted molar refractivity (Wildman–Crippen MR) is 158 cm³/mol. The molecule has 3 aromatic rings. The number of nitrogens with one attached hydrogen (secondary N) is 2. The van der Waals surface area contributed by atoms with Crippen LogP contribution in [0, 0.1) is 0 Å². The number of aliphatic hydroxyl groups excluding tert-OH is 1. The Bertz CT molecular complexity index is 1340. The SMILES string of the molecule is COc1ccc(CNNC(=O)[C@@]2(C/C=C/c3ccccc3)N=C(c3ccc(OCCCO)cc3)O[C@H]2C)c(OC)c1. The van der Waals surface area contributed by atoms with E-state index in [9.17, 15) is 4.79 Å². The Hall–Kier alpha value is -4.34. The van der Waals surface area contributed by atoms with Gasteiger partial charge in [-0.3, -0.25) is 10.2 Å². The van der Waals surface area contributed by atoms with Crippen LogP contribution in [-0.4, -0.2) is 56.0 Å². The molecule has 0 radical (unpaired) electrons. The quantitative estimate of drug-likeness (QED) is 0.200. The molecule has 1 aliphatic heterocycles. The summed E-state index contributed by atoms with van der Waals surface area (Å²) in [6, 6.07) is 22.7. The summed E-state index contributed by atoms with van der Waals surface area (Å²) in [6.07, 6.45) is 4.28. The Kier molecular flexibility index (Phi) is 10.4. The van der Waals surface area contributed by atoms with Crippen molar-refractivity contribution in [3.63, 3.8) is 0 Å². The molecule has 2 atom stereocenters. The highest BCUT2D eigenvalue weighted by Crippen LogP contribution is 2.33. The minimum absolute atomic E-state index is 0.0754. The fourth-order valence-electron chi connectivity index (χ4n) is 4.45. The molecule has 1 amide bonds. The van der Waals surface area contributed by atoms with E-state index in [-0.39, 0.29) is 12.5 Å². The molecule has 0 saturated heterocycles. The summed E-state index contributed by atoms with van der Waals surface area (Å²) < 4.78 is 22.5. The van der Waals surface area contributed by atoms with Gasteiger partial charge < -0.3 is 24.1 Å². The molecule has 4 rings (SSSR count). The lowest BCUT2D eigenvalue weighted by molar-refractivity contribution is -0.129. The molecule has 1 heterocycles. The molecule has 216 valence electrons. The summed E-state index contributed by atoms with van der Waals surface area (Å²) in [4.78, 5) is 18.6. The van der Waals surface area contributed by atoms with Crippen molar-refractivity contribution >= 4 is 17.9 Å². The van der Waals surface area contributed by atoms with Crippen molar-refractivity contribution in [2.45, 2.75) is 38.0 Å². The van der Waals surface area contributed by atoms with E-state index in [4.69, 9.17) is 29.0 Å². The molecule has 0 aromatic heterocycles.